The summed E-state index contributed by atoms with van der Waals surface area (Å²) >= 11 is 0. The van der Waals surface area contributed by atoms with E-state index in [1.165, 1.54) is 6.08 Å². The number of carbonyl (C=O) groups is 5. The van der Waals surface area contributed by atoms with E-state index in [9.17, 15) is 24.0 Å². The molecule has 1 fully saturated rings. The molecule has 9 nitrogen and oxygen atoms in total. The SMILES string of the molecule is CC(=O)O[C@@H](C(=O)C=CC(=O)CCCCCCCCCCO)[C@@H](Cc1ccccc1)C(=O)N1C(=O)O[C@@H](c2ccccc2)[C@H]1C. The molecule has 9 heteroatoms. The monoisotopic (exact) mass is 619 g/mol. The molecule has 1 aliphatic rings. The van der Waals surface area contributed by atoms with Crippen LogP contribution >= 0.6 is 0 Å². The number of cyclic esters (lactones) is 1. The molecule has 0 aliphatic carbocycles. The Bertz CT molecular complexity index is 1290. The van der Waals surface area contributed by atoms with Gasteiger partial charge in [0.2, 0.25) is 5.91 Å². The Morgan fingerprint density at radius 1 is 0.867 bits per heavy atom. The van der Waals surface area contributed by atoms with Crippen LogP contribution in [0.5, 0.6) is 0 Å². The van der Waals surface area contributed by atoms with Gasteiger partial charge in [-0.3, -0.25) is 19.2 Å². The standard InChI is InChI=1S/C36H45NO8/c1-26-33(29-19-13-10-14-20-29)45-36(43)37(26)35(42)31(25-28-17-11-9-12-18-28)34(44-27(2)39)32(41)23-22-30(40)21-15-7-5-3-4-6-8-16-24-38/h9-14,17-20,22-23,26,31,33-34,38H,3-8,15-16,21,24-25H2,1-2H3/t26-,31-,33-,34-/m1/s1. The summed E-state index contributed by atoms with van der Waals surface area (Å²) in [5.74, 6) is -3.66. The molecule has 0 bridgehead atoms. The third-order valence-electron chi connectivity index (χ3n) is 7.95. The maximum absolute atomic E-state index is 14.1. The third-order valence-corrected chi connectivity index (χ3v) is 7.95. The van der Waals surface area contributed by atoms with Crippen LogP contribution in [0.15, 0.2) is 72.8 Å². The highest BCUT2D eigenvalue weighted by atomic mass is 16.6. The quantitative estimate of drug-likeness (QED) is 0.114. The number of carbonyl (C=O) groups excluding carboxylic acids is 5. The molecule has 2 aromatic rings. The molecule has 2 aromatic carbocycles. The molecule has 1 saturated heterocycles. The van der Waals surface area contributed by atoms with Gasteiger partial charge in [-0.05, 0) is 49.5 Å². The predicted molar refractivity (Wildman–Crippen MR) is 169 cm³/mol. The molecule has 1 N–H and O–H groups in total. The lowest BCUT2D eigenvalue weighted by Crippen LogP contribution is -2.48. The number of ether oxygens (including phenoxy) is 2. The zero-order valence-corrected chi connectivity index (χ0v) is 26.3. The highest BCUT2D eigenvalue weighted by Gasteiger charge is 2.48. The van der Waals surface area contributed by atoms with Crippen molar-refractivity contribution in [1.29, 1.82) is 0 Å². The molecule has 1 aliphatic heterocycles. The molecule has 0 spiro atoms. The Morgan fingerprint density at radius 2 is 1.44 bits per heavy atom. The molecule has 4 atom stereocenters. The van der Waals surface area contributed by atoms with Gasteiger partial charge in [0.15, 0.2) is 17.7 Å². The molecule has 3 rings (SSSR count). The summed E-state index contributed by atoms with van der Waals surface area (Å²) in [7, 11) is 0. The van der Waals surface area contributed by atoms with Gasteiger partial charge in [0.25, 0.3) is 0 Å². The smallest absolute Gasteiger partial charge is 0.417 e. The van der Waals surface area contributed by atoms with Crippen LogP contribution in [0, 0.1) is 5.92 Å². The number of hydrogen-bond donors (Lipinski definition) is 1. The Labute approximate surface area is 265 Å². The van der Waals surface area contributed by atoms with Crippen LogP contribution in [0.1, 0.15) is 88.9 Å². The fraction of sp³-hybridized carbons (Fsp3) is 0.472. The van der Waals surface area contributed by atoms with Crippen LogP contribution in [-0.4, -0.2) is 58.3 Å². The first-order valence-electron chi connectivity index (χ1n) is 15.9. The Hall–Kier alpha value is -4.11. The molecule has 2 amide bonds. The lowest BCUT2D eigenvalue weighted by molar-refractivity contribution is -0.158. The topological polar surface area (TPSA) is 127 Å². The van der Waals surface area contributed by atoms with Crippen molar-refractivity contribution in [2.75, 3.05) is 6.61 Å². The van der Waals surface area contributed by atoms with Gasteiger partial charge in [-0.15, -0.1) is 0 Å². The summed E-state index contributed by atoms with van der Waals surface area (Å²) in [6.45, 7) is 3.06. The Kier molecular flexibility index (Phi) is 14.7. The van der Waals surface area contributed by atoms with Crippen molar-refractivity contribution in [3.05, 3.63) is 83.9 Å². The molecule has 45 heavy (non-hydrogen) atoms. The number of esters is 1. The lowest BCUT2D eigenvalue weighted by atomic mass is 9.89. The van der Waals surface area contributed by atoms with Gasteiger partial charge < -0.3 is 14.6 Å². The van der Waals surface area contributed by atoms with E-state index in [0.29, 0.717) is 12.0 Å². The number of ketones is 2. The van der Waals surface area contributed by atoms with Crippen molar-refractivity contribution >= 4 is 29.5 Å². The van der Waals surface area contributed by atoms with E-state index in [-0.39, 0.29) is 25.2 Å². The summed E-state index contributed by atoms with van der Waals surface area (Å²) in [4.78, 5) is 66.3. The molecular formula is C36H45NO8. The first-order chi connectivity index (χ1) is 21.7. The number of allylic oxidation sites excluding steroid dienone is 1. The van der Waals surface area contributed by atoms with Crippen molar-refractivity contribution < 1.29 is 38.6 Å². The maximum Gasteiger partial charge on any atom is 0.417 e. The number of nitrogens with zero attached hydrogens (tertiary/aromatic N) is 1. The summed E-state index contributed by atoms with van der Waals surface area (Å²) in [5, 5.41) is 8.84. The molecule has 242 valence electrons. The van der Waals surface area contributed by atoms with E-state index < -0.39 is 47.9 Å². The highest BCUT2D eigenvalue weighted by Crippen LogP contribution is 2.34. The fourth-order valence-corrected chi connectivity index (χ4v) is 5.56. The first kappa shape index (κ1) is 35.4. The van der Waals surface area contributed by atoms with Crippen molar-refractivity contribution in [2.24, 2.45) is 5.92 Å². The molecule has 0 saturated carbocycles. The molecule has 1 heterocycles. The number of rotatable bonds is 19. The van der Waals surface area contributed by atoms with Gasteiger partial charge in [0, 0.05) is 20.0 Å². The third kappa shape index (κ3) is 11.1. The van der Waals surface area contributed by atoms with E-state index >= 15 is 0 Å². The summed E-state index contributed by atoms with van der Waals surface area (Å²) in [5.41, 5.74) is 1.43. The lowest BCUT2D eigenvalue weighted by Gasteiger charge is -2.28. The number of unbranched alkanes of at least 4 members (excludes halogenated alkanes) is 7. The van der Waals surface area contributed by atoms with E-state index in [1.807, 2.05) is 24.3 Å². The van der Waals surface area contributed by atoms with Crippen LogP contribution in [0.2, 0.25) is 0 Å². The van der Waals surface area contributed by atoms with Crippen LogP contribution in [-0.2, 0) is 35.1 Å². The van der Waals surface area contributed by atoms with Gasteiger partial charge in [-0.25, -0.2) is 9.69 Å². The molecular weight excluding hydrogens is 574 g/mol. The predicted octanol–water partition coefficient (Wildman–Crippen LogP) is 6.08. The van der Waals surface area contributed by atoms with Gasteiger partial charge in [-0.1, -0.05) is 99.2 Å². The average molecular weight is 620 g/mol. The maximum atomic E-state index is 14.1. The van der Waals surface area contributed by atoms with Gasteiger partial charge in [0.1, 0.15) is 6.10 Å². The van der Waals surface area contributed by atoms with Crippen molar-refractivity contribution in [2.45, 2.75) is 96.3 Å². The van der Waals surface area contributed by atoms with Crippen molar-refractivity contribution in [3.8, 4) is 0 Å². The van der Waals surface area contributed by atoms with Gasteiger partial charge in [-0.2, -0.15) is 0 Å². The fourth-order valence-electron chi connectivity index (χ4n) is 5.56. The van der Waals surface area contributed by atoms with Crippen LogP contribution < -0.4 is 0 Å². The number of amides is 2. The van der Waals surface area contributed by atoms with E-state index in [1.54, 1.807) is 43.3 Å². The van der Waals surface area contributed by atoms with E-state index in [4.69, 9.17) is 14.6 Å². The second kappa shape index (κ2) is 18.6. The van der Waals surface area contributed by atoms with Gasteiger partial charge >= 0.3 is 12.1 Å². The molecule has 0 radical (unpaired) electrons. The minimum atomic E-state index is -1.55. The first-order valence-corrected chi connectivity index (χ1v) is 15.9. The normalized spacial score (nSPS) is 17.6. The van der Waals surface area contributed by atoms with Gasteiger partial charge in [0.05, 0.1) is 12.0 Å². The highest BCUT2D eigenvalue weighted by molar-refractivity contribution is 6.04. The van der Waals surface area contributed by atoms with Crippen LogP contribution in [0.4, 0.5) is 4.79 Å². The summed E-state index contributed by atoms with van der Waals surface area (Å²) in [6.07, 6.45) is 7.14. The zero-order valence-electron chi connectivity index (χ0n) is 26.3. The van der Waals surface area contributed by atoms with Crippen molar-refractivity contribution in [3.63, 3.8) is 0 Å². The van der Waals surface area contributed by atoms with Crippen LogP contribution in [0.3, 0.4) is 0 Å². The second-order valence-corrected chi connectivity index (χ2v) is 11.5. The zero-order chi connectivity index (χ0) is 32.6. The summed E-state index contributed by atoms with van der Waals surface area (Å²) in [6, 6.07) is 17.3. The second-order valence-electron chi connectivity index (χ2n) is 11.5. The minimum Gasteiger partial charge on any atom is -0.453 e. The number of aliphatic hydroxyl groups is 1. The average Bonchev–Trinajstić information content (AvgIpc) is 3.34. The number of hydrogen-bond acceptors (Lipinski definition) is 8. The largest absolute Gasteiger partial charge is 0.453 e. The molecule has 0 unspecified atom stereocenters. The number of imide groups is 1. The minimum absolute atomic E-state index is 0.0116. The van der Waals surface area contributed by atoms with E-state index in [2.05, 4.69) is 0 Å². The van der Waals surface area contributed by atoms with Crippen LogP contribution in [0.25, 0.3) is 0 Å². The number of benzene rings is 2. The van der Waals surface area contributed by atoms with E-state index in [0.717, 1.165) is 68.4 Å². The summed E-state index contributed by atoms with van der Waals surface area (Å²) < 4.78 is 11.0. The molecule has 0 aromatic heterocycles. The Morgan fingerprint density at radius 3 is 2.04 bits per heavy atom. The number of aliphatic hydroxyl groups excluding tert-OH is 1. The van der Waals surface area contributed by atoms with Crippen molar-refractivity contribution in [1.82, 2.24) is 4.90 Å². The Balaban J connectivity index is 1.72.